The van der Waals surface area contributed by atoms with Gasteiger partial charge in [-0.15, -0.1) is 0 Å². The van der Waals surface area contributed by atoms with Gasteiger partial charge in [0, 0.05) is 22.4 Å². The highest BCUT2D eigenvalue weighted by Crippen LogP contribution is 2.30. The number of hydrogen-bond acceptors (Lipinski definition) is 4. The molecule has 1 N–H and O–H groups in total. The van der Waals surface area contributed by atoms with Gasteiger partial charge in [-0.3, -0.25) is 9.98 Å². The molecule has 0 bridgehead atoms. The van der Waals surface area contributed by atoms with Gasteiger partial charge in [-0.05, 0) is 74.5 Å². The minimum absolute atomic E-state index is 0.149. The zero-order valence-corrected chi connectivity index (χ0v) is 19.4. The van der Waals surface area contributed by atoms with E-state index in [1.807, 2.05) is 30.3 Å². The number of halogens is 1. The maximum absolute atomic E-state index is 4.98. The SMILES string of the molecule is CC(C)/N=c1\cc2n(-c3ccc(Br)cc3)c3ccccc3nc-2cc1Nc1cccnc1. The normalized spacial score (nSPS) is 12.1. The van der Waals surface area contributed by atoms with Crippen LogP contribution < -0.4 is 10.7 Å². The van der Waals surface area contributed by atoms with E-state index in [2.05, 4.69) is 87.1 Å². The first-order valence-corrected chi connectivity index (χ1v) is 11.3. The van der Waals surface area contributed by atoms with Crippen LogP contribution in [-0.4, -0.2) is 20.6 Å². The largest absolute Gasteiger partial charge is 0.352 e. The molecule has 32 heavy (non-hydrogen) atoms. The Bertz CT molecular complexity index is 1420. The summed E-state index contributed by atoms with van der Waals surface area (Å²) in [6.45, 7) is 4.17. The predicted molar refractivity (Wildman–Crippen MR) is 134 cm³/mol. The monoisotopic (exact) mass is 483 g/mol. The number of aromatic nitrogens is 3. The molecule has 6 heteroatoms. The number of benzene rings is 3. The Morgan fingerprint density at radius 1 is 0.969 bits per heavy atom. The summed E-state index contributed by atoms with van der Waals surface area (Å²) in [5.74, 6) is 0. The highest BCUT2D eigenvalue weighted by atomic mass is 79.9. The van der Waals surface area contributed by atoms with E-state index in [4.69, 9.17) is 9.98 Å². The lowest BCUT2D eigenvalue weighted by Crippen LogP contribution is -2.16. The van der Waals surface area contributed by atoms with Gasteiger partial charge in [-0.1, -0.05) is 28.1 Å². The fourth-order valence-electron chi connectivity index (χ4n) is 3.79. The van der Waals surface area contributed by atoms with Crippen molar-refractivity contribution in [2.24, 2.45) is 4.99 Å². The maximum Gasteiger partial charge on any atom is 0.0900 e. The predicted octanol–water partition coefficient (Wildman–Crippen LogP) is 6.34. The molecule has 2 heterocycles. The van der Waals surface area contributed by atoms with Gasteiger partial charge < -0.3 is 9.88 Å². The Morgan fingerprint density at radius 2 is 1.78 bits per heavy atom. The van der Waals surface area contributed by atoms with E-state index < -0.39 is 0 Å². The number of rotatable bonds is 4. The molecule has 0 spiro atoms. The van der Waals surface area contributed by atoms with Crippen molar-refractivity contribution in [3.63, 3.8) is 0 Å². The van der Waals surface area contributed by atoms with Crippen LogP contribution in [0.25, 0.3) is 28.1 Å². The second-order valence-electron chi connectivity index (χ2n) is 7.86. The topological polar surface area (TPSA) is 55.1 Å². The summed E-state index contributed by atoms with van der Waals surface area (Å²) in [7, 11) is 0. The molecule has 0 saturated heterocycles. The van der Waals surface area contributed by atoms with E-state index in [1.54, 1.807) is 12.4 Å². The molecule has 1 aromatic heterocycles. The molecular formula is C26H22BrN5. The molecule has 1 aliphatic carbocycles. The third-order valence-corrected chi connectivity index (χ3v) is 5.65. The summed E-state index contributed by atoms with van der Waals surface area (Å²) in [6.07, 6.45) is 3.57. The maximum atomic E-state index is 4.98. The van der Waals surface area contributed by atoms with Crippen LogP contribution in [0.1, 0.15) is 13.8 Å². The first-order chi connectivity index (χ1) is 15.6. The Balaban J connectivity index is 1.83. The molecule has 5 rings (SSSR count). The van der Waals surface area contributed by atoms with E-state index in [0.29, 0.717) is 0 Å². The zero-order valence-electron chi connectivity index (χ0n) is 17.8. The molecule has 2 aliphatic rings. The summed E-state index contributed by atoms with van der Waals surface area (Å²) in [6, 6.07) is 24.8. The van der Waals surface area contributed by atoms with Crippen LogP contribution in [-0.2, 0) is 0 Å². The lowest BCUT2D eigenvalue weighted by molar-refractivity contribution is 0.806. The molecule has 158 valence electrons. The number of pyridine rings is 1. The third-order valence-electron chi connectivity index (χ3n) is 5.12. The Hall–Kier alpha value is -3.51. The number of fused-ring (bicyclic) bond motifs is 2. The van der Waals surface area contributed by atoms with Crippen molar-refractivity contribution in [3.05, 3.63) is 95.0 Å². The van der Waals surface area contributed by atoms with Crippen molar-refractivity contribution in [1.29, 1.82) is 0 Å². The van der Waals surface area contributed by atoms with Crippen LogP contribution in [0, 0.1) is 0 Å². The van der Waals surface area contributed by atoms with Crippen molar-refractivity contribution in [2.75, 3.05) is 5.32 Å². The summed E-state index contributed by atoms with van der Waals surface area (Å²) in [5.41, 5.74) is 6.76. The highest BCUT2D eigenvalue weighted by molar-refractivity contribution is 9.10. The fraction of sp³-hybridized carbons (Fsp3) is 0.115. The fourth-order valence-corrected chi connectivity index (χ4v) is 4.05. The minimum Gasteiger partial charge on any atom is -0.352 e. The Morgan fingerprint density at radius 3 is 2.53 bits per heavy atom. The second-order valence-corrected chi connectivity index (χ2v) is 8.78. The van der Waals surface area contributed by atoms with Crippen molar-refractivity contribution in [3.8, 4) is 17.1 Å². The van der Waals surface area contributed by atoms with Gasteiger partial charge in [0.15, 0.2) is 0 Å². The van der Waals surface area contributed by atoms with Crippen LogP contribution in [0.4, 0.5) is 11.4 Å². The summed E-state index contributed by atoms with van der Waals surface area (Å²) < 4.78 is 3.29. The van der Waals surface area contributed by atoms with E-state index in [1.165, 1.54) is 0 Å². The Kier molecular flexibility index (Phi) is 5.45. The molecule has 0 amide bonds. The summed E-state index contributed by atoms with van der Waals surface area (Å²) >= 11 is 3.55. The number of nitrogens with zero attached hydrogens (tertiary/aromatic N) is 4. The van der Waals surface area contributed by atoms with Crippen LogP contribution in [0.3, 0.4) is 0 Å². The van der Waals surface area contributed by atoms with E-state index in [0.717, 1.165) is 49.3 Å². The molecule has 5 nitrogen and oxygen atoms in total. The lowest BCUT2D eigenvalue weighted by atomic mass is 10.1. The molecule has 0 saturated carbocycles. The molecule has 0 fully saturated rings. The van der Waals surface area contributed by atoms with Gasteiger partial charge in [0.2, 0.25) is 0 Å². The van der Waals surface area contributed by atoms with Gasteiger partial charge in [0.05, 0.1) is 45.4 Å². The number of para-hydroxylation sites is 2. The number of nitrogens with one attached hydrogen (secondary N) is 1. The molecule has 0 atom stereocenters. The highest BCUT2D eigenvalue weighted by Gasteiger charge is 2.16. The van der Waals surface area contributed by atoms with Gasteiger partial charge in [0.25, 0.3) is 0 Å². The summed E-state index contributed by atoms with van der Waals surface area (Å²) in [5, 5.41) is 4.36. The van der Waals surface area contributed by atoms with Crippen LogP contribution >= 0.6 is 15.9 Å². The second kappa shape index (κ2) is 8.55. The molecular weight excluding hydrogens is 462 g/mol. The average Bonchev–Trinajstić information content (AvgIpc) is 2.79. The van der Waals surface area contributed by atoms with Gasteiger partial charge >= 0.3 is 0 Å². The minimum atomic E-state index is 0.149. The standard InChI is InChI=1S/C26H22BrN5/c1-17(2)29-23-15-26-24(14-22(23)30-19-6-5-13-28-16-19)31-21-7-3-4-8-25(21)32(26)20-11-9-18(27)10-12-20/h3-17,30H,1-2H3/b29-23+. The van der Waals surface area contributed by atoms with Crippen molar-refractivity contribution in [1.82, 2.24) is 14.5 Å². The van der Waals surface area contributed by atoms with Gasteiger partial charge in [0.1, 0.15) is 0 Å². The van der Waals surface area contributed by atoms with Crippen molar-refractivity contribution in [2.45, 2.75) is 19.9 Å². The number of anilines is 2. The Labute approximate surface area is 195 Å². The number of hydrogen-bond donors (Lipinski definition) is 1. The van der Waals surface area contributed by atoms with E-state index in [9.17, 15) is 0 Å². The lowest BCUT2D eigenvalue weighted by Gasteiger charge is -2.20. The van der Waals surface area contributed by atoms with Crippen molar-refractivity contribution >= 4 is 38.3 Å². The van der Waals surface area contributed by atoms with E-state index in [-0.39, 0.29) is 6.04 Å². The van der Waals surface area contributed by atoms with Crippen LogP contribution in [0.2, 0.25) is 0 Å². The van der Waals surface area contributed by atoms with Crippen LogP contribution in [0.5, 0.6) is 0 Å². The zero-order chi connectivity index (χ0) is 22.1. The van der Waals surface area contributed by atoms with Gasteiger partial charge in [-0.2, -0.15) is 0 Å². The van der Waals surface area contributed by atoms with Crippen molar-refractivity contribution < 1.29 is 0 Å². The van der Waals surface area contributed by atoms with Gasteiger partial charge in [-0.25, -0.2) is 4.98 Å². The molecule has 0 unspecified atom stereocenters. The third kappa shape index (κ3) is 4.01. The van der Waals surface area contributed by atoms with E-state index >= 15 is 0 Å². The molecule has 3 aromatic rings. The quantitative estimate of drug-likeness (QED) is 0.303. The average molecular weight is 484 g/mol. The smallest absolute Gasteiger partial charge is 0.0900 e. The molecule has 2 aromatic carbocycles. The molecule has 1 aliphatic heterocycles. The molecule has 0 radical (unpaired) electrons. The first-order valence-electron chi connectivity index (χ1n) is 10.5. The summed E-state index contributed by atoms with van der Waals surface area (Å²) in [4.78, 5) is 14.1. The van der Waals surface area contributed by atoms with Crippen LogP contribution in [0.15, 0.2) is 94.7 Å². The first kappa shape index (κ1) is 20.4.